The molecule has 2 aromatic rings. The highest BCUT2D eigenvalue weighted by Crippen LogP contribution is 2.27. The summed E-state index contributed by atoms with van der Waals surface area (Å²) >= 11 is 1.16. The van der Waals surface area contributed by atoms with E-state index >= 15 is 0 Å². The van der Waals surface area contributed by atoms with Crippen LogP contribution in [0.25, 0.3) is 10.1 Å². The maximum Gasteiger partial charge on any atom is 0.348 e. The van der Waals surface area contributed by atoms with Crippen molar-refractivity contribution in [2.75, 3.05) is 24.7 Å². The molecule has 0 N–H and O–H groups in total. The summed E-state index contributed by atoms with van der Waals surface area (Å²) < 4.78 is 42.5. The van der Waals surface area contributed by atoms with Gasteiger partial charge in [-0.1, -0.05) is 6.92 Å². The Balaban J connectivity index is 1.64. The fourth-order valence-corrected chi connectivity index (χ4v) is 5.84. The first-order valence-corrected chi connectivity index (χ1v) is 11.3. The Morgan fingerprint density at radius 3 is 2.78 bits per heavy atom. The molecule has 1 amide bonds. The third kappa shape index (κ3) is 4.65. The van der Waals surface area contributed by atoms with Crippen molar-refractivity contribution in [3.05, 3.63) is 35.0 Å². The van der Waals surface area contributed by atoms with Gasteiger partial charge in [0.25, 0.3) is 5.91 Å². The van der Waals surface area contributed by atoms with E-state index in [0.717, 1.165) is 16.0 Å². The minimum absolute atomic E-state index is 0.0471. The predicted molar refractivity (Wildman–Crippen MR) is 101 cm³/mol. The summed E-state index contributed by atoms with van der Waals surface area (Å²) in [7, 11) is -3.12. The highest BCUT2D eigenvalue weighted by atomic mass is 32.2. The first-order chi connectivity index (χ1) is 12.8. The Hall–Kier alpha value is -2.00. The van der Waals surface area contributed by atoms with Crippen LogP contribution in [-0.4, -0.2) is 55.9 Å². The number of sulfone groups is 1. The fraction of sp³-hybridized carbons (Fsp3) is 0.444. The van der Waals surface area contributed by atoms with Crippen LogP contribution in [0.1, 0.15) is 29.4 Å². The number of rotatable bonds is 6. The molecule has 1 aliphatic rings. The molecule has 2 heterocycles. The number of thiophene rings is 1. The lowest BCUT2D eigenvalue weighted by molar-refractivity contribution is -0.136. The second-order valence-corrected chi connectivity index (χ2v) is 9.83. The molecule has 0 saturated carbocycles. The second-order valence-electron chi connectivity index (χ2n) is 6.51. The highest BCUT2D eigenvalue weighted by Gasteiger charge is 2.34. The highest BCUT2D eigenvalue weighted by molar-refractivity contribution is 7.91. The summed E-state index contributed by atoms with van der Waals surface area (Å²) in [4.78, 5) is 26.5. The van der Waals surface area contributed by atoms with Gasteiger partial charge in [-0.2, -0.15) is 0 Å². The maximum atomic E-state index is 13.3. The number of esters is 1. The minimum Gasteiger partial charge on any atom is -0.451 e. The van der Waals surface area contributed by atoms with Crippen molar-refractivity contribution in [2.24, 2.45) is 0 Å². The molecule has 1 aromatic heterocycles. The van der Waals surface area contributed by atoms with Gasteiger partial charge in [-0.05, 0) is 42.5 Å². The standard InChI is InChI=1S/C18H20FNO5S2/c1-2-6-20(14-5-7-27(23,24)11-14)17(21)10-25-18(22)16-9-12-8-13(19)3-4-15(12)26-16/h3-4,8-9,14H,2,5-7,10-11H2,1H3/t14-/m1/s1. The van der Waals surface area contributed by atoms with Crippen molar-refractivity contribution < 1.29 is 27.1 Å². The Morgan fingerprint density at radius 1 is 1.33 bits per heavy atom. The third-order valence-corrected chi connectivity index (χ3v) is 7.29. The lowest BCUT2D eigenvalue weighted by atomic mass is 10.2. The molecule has 0 aliphatic carbocycles. The summed E-state index contributed by atoms with van der Waals surface area (Å²) in [5.74, 6) is -1.42. The van der Waals surface area contributed by atoms with E-state index < -0.39 is 34.1 Å². The molecule has 0 spiro atoms. The van der Waals surface area contributed by atoms with Crippen LogP contribution >= 0.6 is 11.3 Å². The van der Waals surface area contributed by atoms with E-state index in [4.69, 9.17) is 4.74 Å². The van der Waals surface area contributed by atoms with Crippen molar-refractivity contribution in [2.45, 2.75) is 25.8 Å². The van der Waals surface area contributed by atoms with Gasteiger partial charge in [0.05, 0.1) is 11.5 Å². The van der Waals surface area contributed by atoms with E-state index in [1.807, 2.05) is 6.92 Å². The maximum absolute atomic E-state index is 13.3. The van der Waals surface area contributed by atoms with Gasteiger partial charge in [0.2, 0.25) is 0 Å². The summed E-state index contributed by atoms with van der Waals surface area (Å²) in [6, 6.07) is 5.39. The monoisotopic (exact) mass is 413 g/mol. The van der Waals surface area contributed by atoms with Crippen molar-refractivity contribution in [1.82, 2.24) is 4.90 Å². The molecule has 1 saturated heterocycles. The molecule has 1 aliphatic heterocycles. The first kappa shape index (κ1) is 19.8. The molecule has 6 nitrogen and oxygen atoms in total. The number of ether oxygens (including phenoxy) is 1. The molecule has 3 rings (SSSR count). The van der Waals surface area contributed by atoms with E-state index in [-0.39, 0.29) is 22.4 Å². The van der Waals surface area contributed by atoms with Gasteiger partial charge in [-0.25, -0.2) is 17.6 Å². The fourth-order valence-electron chi connectivity index (χ4n) is 3.17. The normalized spacial score (nSPS) is 18.5. The molecular weight excluding hydrogens is 393 g/mol. The van der Waals surface area contributed by atoms with Crippen molar-refractivity contribution in [1.29, 1.82) is 0 Å². The number of amides is 1. The van der Waals surface area contributed by atoms with Crippen LogP contribution in [0.3, 0.4) is 0 Å². The number of fused-ring (bicyclic) bond motifs is 1. The van der Waals surface area contributed by atoms with Crippen molar-refractivity contribution >= 4 is 43.1 Å². The van der Waals surface area contributed by atoms with E-state index in [9.17, 15) is 22.4 Å². The van der Waals surface area contributed by atoms with E-state index in [1.54, 1.807) is 6.07 Å². The molecule has 1 aromatic carbocycles. The number of carbonyl (C=O) groups is 2. The predicted octanol–water partition coefficient (Wildman–Crippen LogP) is 2.62. The van der Waals surface area contributed by atoms with Gasteiger partial charge >= 0.3 is 5.97 Å². The topological polar surface area (TPSA) is 80.8 Å². The third-order valence-electron chi connectivity index (χ3n) is 4.44. The largest absolute Gasteiger partial charge is 0.451 e. The van der Waals surface area contributed by atoms with Gasteiger partial charge < -0.3 is 9.64 Å². The van der Waals surface area contributed by atoms with Crippen LogP contribution in [0.2, 0.25) is 0 Å². The Bertz CT molecular complexity index is 969. The zero-order valence-corrected chi connectivity index (χ0v) is 16.4. The van der Waals surface area contributed by atoms with Gasteiger partial charge in [0.15, 0.2) is 16.4 Å². The zero-order valence-electron chi connectivity index (χ0n) is 14.8. The van der Waals surface area contributed by atoms with Gasteiger partial charge in [-0.15, -0.1) is 11.3 Å². The van der Waals surface area contributed by atoms with Gasteiger partial charge in [-0.3, -0.25) is 4.79 Å². The average Bonchev–Trinajstić information content (AvgIpc) is 3.19. The molecular formula is C18H20FNO5S2. The molecule has 0 bridgehead atoms. The molecule has 27 heavy (non-hydrogen) atoms. The number of halogens is 1. The summed E-state index contributed by atoms with van der Waals surface area (Å²) in [5, 5.41) is 0.599. The molecule has 146 valence electrons. The van der Waals surface area contributed by atoms with Crippen LogP contribution in [0.4, 0.5) is 4.39 Å². The van der Waals surface area contributed by atoms with Crippen molar-refractivity contribution in [3.8, 4) is 0 Å². The zero-order chi connectivity index (χ0) is 19.6. The first-order valence-electron chi connectivity index (χ1n) is 8.65. The van der Waals surface area contributed by atoms with E-state index in [1.165, 1.54) is 23.1 Å². The van der Waals surface area contributed by atoms with Crippen LogP contribution < -0.4 is 0 Å². The average molecular weight is 413 g/mol. The van der Waals surface area contributed by atoms with E-state index in [2.05, 4.69) is 0 Å². The second kappa shape index (κ2) is 7.93. The van der Waals surface area contributed by atoms with Crippen LogP contribution in [-0.2, 0) is 19.4 Å². The number of benzene rings is 1. The molecule has 0 radical (unpaired) electrons. The smallest absolute Gasteiger partial charge is 0.348 e. The lowest BCUT2D eigenvalue weighted by Gasteiger charge is -2.27. The van der Waals surface area contributed by atoms with Crippen LogP contribution in [0.5, 0.6) is 0 Å². The van der Waals surface area contributed by atoms with Crippen LogP contribution in [0.15, 0.2) is 24.3 Å². The van der Waals surface area contributed by atoms with Gasteiger partial charge in [0, 0.05) is 17.3 Å². The summed E-state index contributed by atoms with van der Waals surface area (Å²) in [6.45, 7) is 1.86. The number of hydrogen-bond acceptors (Lipinski definition) is 6. The molecule has 9 heteroatoms. The number of nitrogens with zero attached hydrogens (tertiary/aromatic N) is 1. The van der Waals surface area contributed by atoms with E-state index in [0.29, 0.717) is 24.8 Å². The summed E-state index contributed by atoms with van der Waals surface area (Å²) in [5.41, 5.74) is 0. The molecule has 1 fully saturated rings. The van der Waals surface area contributed by atoms with Crippen molar-refractivity contribution in [3.63, 3.8) is 0 Å². The van der Waals surface area contributed by atoms with Gasteiger partial charge in [0.1, 0.15) is 10.7 Å². The summed E-state index contributed by atoms with van der Waals surface area (Å²) in [6.07, 6.45) is 1.09. The Morgan fingerprint density at radius 2 is 2.11 bits per heavy atom. The molecule has 1 atom stereocenters. The Kier molecular flexibility index (Phi) is 5.81. The minimum atomic E-state index is -3.12. The number of carbonyl (C=O) groups excluding carboxylic acids is 2. The molecule has 0 unspecified atom stereocenters. The number of hydrogen-bond donors (Lipinski definition) is 0. The SMILES string of the molecule is CCCN(C(=O)COC(=O)c1cc2cc(F)ccc2s1)[C@@H]1CCS(=O)(=O)C1. The lowest BCUT2D eigenvalue weighted by Crippen LogP contribution is -2.43. The quantitative estimate of drug-likeness (QED) is 0.680. The Labute approximate surface area is 160 Å². The van der Waals surface area contributed by atoms with Crippen LogP contribution in [0, 0.1) is 5.82 Å².